The Balaban J connectivity index is 1.63. The third kappa shape index (κ3) is 4.39. The summed E-state index contributed by atoms with van der Waals surface area (Å²) in [6.07, 6.45) is 0. The van der Waals surface area contributed by atoms with Gasteiger partial charge in [-0.05, 0) is 12.1 Å². The summed E-state index contributed by atoms with van der Waals surface area (Å²) in [5.74, 6) is 2.61. The van der Waals surface area contributed by atoms with Gasteiger partial charge in [-0.3, -0.25) is 9.69 Å². The molecule has 0 radical (unpaired) electrons. The number of methoxy groups -OCH3 is 2. The van der Waals surface area contributed by atoms with Crippen LogP contribution in [0.15, 0.2) is 22.7 Å². The topological polar surface area (TPSA) is 80.9 Å². The number of amides is 1. The fraction of sp³-hybridized carbons (Fsp3) is 0.526. The van der Waals surface area contributed by atoms with E-state index in [0.717, 1.165) is 31.7 Å². The molecular weight excluding hydrogens is 348 g/mol. The fourth-order valence-electron chi connectivity index (χ4n) is 3.09. The maximum Gasteiger partial charge on any atom is 0.241 e. The van der Waals surface area contributed by atoms with Crippen molar-refractivity contribution >= 4 is 5.91 Å². The molecule has 146 valence electrons. The predicted molar refractivity (Wildman–Crippen MR) is 99.5 cm³/mol. The summed E-state index contributed by atoms with van der Waals surface area (Å²) in [6.45, 7) is 7.47. The Morgan fingerprint density at radius 1 is 1.19 bits per heavy atom. The number of piperazine rings is 1. The minimum absolute atomic E-state index is 0.0366. The molecule has 0 spiro atoms. The van der Waals surface area contributed by atoms with E-state index in [2.05, 4.69) is 15.0 Å². The lowest BCUT2D eigenvalue weighted by molar-refractivity contribution is -0.136. The maximum absolute atomic E-state index is 12.1. The number of carbonyl (C=O) groups excluding carboxylic acids is 1. The van der Waals surface area contributed by atoms with Gasteiger partial charge in [-0.2, -0.15) is 4.98 Å². The Morgan fingerprint density at radius 2 is 1.93 bits per heavy atom. The number of ether oxygens (including phenoxy) is 2. The number of hydrogen-bond donors (Lipinski definition) is 0. The van der Waals surface area contributed by atoms with Crippen molar-refractivity contribution in [3.63, 3.8) is 0 Å². The van der Waals surface area contributed by atoms with Gasteiger partial charge in [0.1, 0.15) is 11.5 Å². The minimum atomic E-state index is 0.0366. The lowest BCUT2D eigenvalue weighted by Crippen LogP contribution is -2.49. The van der Waals surface area contributed by atoms with Crippen molar-refractivity contribution in [1.29, 1.82) is 0 Å². The predicted octanol–water partition coefficient (Wildman–Crippen LogP) is 2.05. The smallest absolute Gasteiger partial charge is 0.241 e. The van der Waals surface area contributed by atoms with E-state index in [9.17, 15) is 4.79 Å². The lowest BCUT2D eigenvalue weighted by Gasteiger charge is -2.34. The molecule has 3 rings (SSSR count). The van der Waals surface area contributed by atoms with Crippen molar-refractivity contribution in [3.8, 4) is 22.9 Å². The van der Waals surface area contributed by atoms with Crippen LogP contribution in [0, 0.1) is 5.92 Å². The van der Waals surface area contributed by atoms with Crippen molar-refractivity contribution in [2.24, 2.45) is 5.92 Å². The van der Waals surface area contributed by atoms with Crippen molar-refractivity contribution in [1.82, 2.24) is 19.9 Å². The molecule has 1 amide bonds. The van der Waals surface area contributed by atoms with E-state index < -0.39 is 0 Å². The first-order valence-corrected chi connectivity index (χ1v) is 9.08. The maximum atomic E-state index is 12.1. The van der Waals surface area contributed by atoms with Gasteiger partial charge in [-0.1, -0.05) is 19.0 Å². The number of benzene rings is 1. The van der Waals surface area contributed by atoms with E-state index in [0.29, 0.717) is 29.8 Å². The quantitative estimate of drug-likeness (QED) is 0.765. The molecule has 0 atom stereocenters. The van der Waals surface area contributed by atoms with Crippen LogP contribution in [0.25, 0.3) is 11.4 Å². The SMILES string of the molecule is COc1ccc(-c2noc(CN3CCN(C(=O)C(C)C)CC3)n2)c(OC)c1. The molecule has 27 heavy (non-hydrogen) atoms. The second kappa shape index (κ2) is 8.39. The molecule has 1 aromatic carbocycles. The number of nitrogens with zero attached hydrogens (tertiary/aromatic N) is 4. The molecule has 1 aliphatic heterocycles. The summed E-state index contributed by atoms with van der Waals surface area (Å²) >= 11 is 0. The molecular formula is C19H26N4O4. The zero-order valence-corrected chi connectivity index (χ0v) is 16.3. The van der Waals surface area contributed by atoms with Crippen LogP contribution in [0.2, 0.25) is 0 Å². The van der Waals surface area contributed by atoms with E-state index >= 15 is 0 Å². The third-order valence-corrected chi connectivity index (χ3v) is 4.65. The van der Waals surface area contributed by atoms with Gasteiger partial charge >= 0.3 is 0 Å². The lowest BCUT2D eigenvalue weighted by atomic mass is 10.1. The Hall–Kier alpha value is -2.61. The summed E-state index contributed by atoms with van der Waals surface area (Å²) in [7, 11) is 3.20. The molecule has 8 heteroatoms. The first-order valence-electron chi connectivity index (χ1n) is 9.08. The largest absolute Gasteiger partial charge is 0.497 e. The highest BCUT2D eigenvalue weighted by Crippen LogP contribution is 2.31. The molecule has 1 aromatic heterocycles. The average Bonchev–Trinajstić information content (AvgIpc) is 3.15. The second-order valence-corrected chi connectivity index (χ2v) is 6.83. The van der Waals surface area contributed by atoms with Crippen molar-refractivity contribution < 1.29 is 18.8 Å². The van der Waals surface area contributed by atoms with Crippen LogP contribution in [0.4, 0.5) is 0 Å². The van der Waals surface area contributed by atoms with Gasteiger partial charge in [0.25, 0.3) is 0 Å². The highest BCUT2D eigenvalue weighted by molar-refractivity contribution is 5.78. The molecule has 0 bridgehead atoms. The Labute approximate surface area is 159 Å². The Bertz CT molecular complexity index is 782. The highest BCUT2D eigenvalue weighted by atomic mass is 16.5. The van der Waals surface area contributed by atoms with Crippen molar-refractivity contribution in [2.75, 3.05) is 40.4 Å². The Morgan fingerprint density at radius 3 is 2.56 bits per heavy atom. The van der Waals surface area contributed by atoms with Crippen LogP contribution in [-0.2, 0) is 11.3 Å². The summed E-state index contributed by atoms with van der Waals surface area (Å²) in [6, 6.07) is 5.47. The van der Waals surface area contributed by atoms with Crippen molar-refractivity contribution in [3.05, 3.63) is 24.1 Å². The van der Waals surface area contributed by atoms with E-state index in [1.807, 2.05) is 30.9 Å². The van der Waals surface area contributed by atoms with Crippen LogP contribution in [0.3, 0.4) is 0 Å². The van der Waals surface area contributed by atoms with Crippen LogP contribution in [-0.4, -0.2) is 66.2 Å². The van der Waals surface area contributed by atoms with Gasteiger partial charge in [-0.15, -0.1) is 0 Å². The first kappa shape index (κ1) is 19.2. The second-order valence-electron chi connectivity index (χ2n) is 6.83. The molecule has 1 aliphatic rings. The minimum Gasteiger partial charge on any atom is -0.497 e. The molecule has 8 nitrogen and oxygen atoms in total. The van der Waals surface area contributed by atoms with Gasteiger partial charge in [-0.25, -0.2) is 0 Å². The fourth-order valence-corrected chi connectivity index (χ4v) is 3.09. The number of aromatic nitrogens is 2. The molecule has 0 N–H and O–H groups in total. The van der Waals surface area contributed by atoms with Crippen LogP contribution in [0.5, 0.6) is 11.5 Å². The van der Waals surface area contributed by atoms with Gasteiger partial charge in [0, 0.05) is 38.2 Å². The molecule has 2 heterocycles. The summed E-state index contributed by atoms with van der Waals surface area (Å²) in [5, 5.41) is 4.08. The van der Waals surface area contributed by atoms with Gasteiger partial charge < -0.3 is 18.9 Å². The van der Waals surface area contributed by atoms with Gasteiger partial charge in [0.15, 0.2) is 0 Å². The molecule has 0 saturated carbocycles. The average molecular weight is 374 g/mol. The van der Waals surface area contributed by atoms with Crippen LogP contribution in [0.1, 0.15) is 19.7 Å². The normalized spacial score (nSPS) is 15.2. The van der Waals surface area contributed by atoms with Crippen LogP contribution < -0.4 is 9.47 Å². The zero-order valence-electron chi connectivity index (χ0n) is 16.3. The Kier molecular flexibility index (Phi) is 5.95. The monoisotopic (exact) mass is 374 g/mol. The highest BCUT2D eigenvalue weighted by Gasteiger charge is 2.24. The molecule has 1 saturated heterocycles. The third-order valence-electron chi connectivity index (χ3n) is 4.65. The van der Waals surface area contributed by atoms with Gasteiger partial charge in [0.2, 0.25) is 17.6 Å². The molecule has 1 fully saturated rings. The van der Waals surface area contributed by atoms with E-state index in [1.165, 1.54) is 0 Å². The van der Waals surface area contributed by atoms with E-state index in [-0.39, 0.29) is 11.8 Å². The van der Waals surface area contributed by atoms with E-state index in [1.54, 1.807) is 20.3 Å². The number of carbonyl (C=O) groups is 1. The summed E-state index contributed by atoms with van der Waals surface area (Å²) < 4.78 is 16.0. The standard InChI is InChI=1S/C19H26N4O4/c1-13(2)19(24)23-9-7-22(8-10-23)12-17-20-18(21-27-17)15-6-5-14(25-3)11-16(15)26-4/h5-6,11,13H,7-10,12H2,1-4H3. The van der Waals surface area contributed by atoms with Crippen molar-refractivity contribution in [2.45, 2.75) is 20.4 Å². The van der Waals surface area contributed by atoms with Crippen LogP contribution >= 0.6 is 0 Å². The summed E-state index contributed by atoms with van der Waals surface area (Å²) in [5.41, 5.74) is 0.751. The van der Waals surface area contributed by atoms with E-state index in [4.69, 9.17) is 14.0 Å². The first-order chi connectivity index (χ1) is 13.0. The number of rotatable bonds is 6. The molecule has 2 aromatic rings. The zero-order chi connectivity index (χ0) is 19.4. The summed E-state index contributed by atoms with van der Waals surface area (Å²) in [4.78, 5) is 20.7. The molecule has 0 aliphatic carbocycles. The molecule has 0 unspecified atom stereocenters. The number of hydrogen-bond acceptors (Lipinski definition) is 7. The van der Waals surface area contributed by atoms with Gasteiger partial charge in [0.05, 0.1) is 26.3 Å².